The fourth-order valence-electron chi connectivity index (χ4n) is 4.53. The van der Waals surface area contributed by atoms with E-state index in [1.54, 1.807) is 23.5 Å². The number of carbonyl (C=O) groups is 1. The van der Waals surface area contributed by atoms with Crippen LogP contribution in [0.25, 0.3) is 0 Å². The van der Waals surface area contributed by atoms with Crippen LogP contribution in [-0.2, 0) is 11.2 Å². The first-order valence-electron chi connectivity index (χ1n) is 11.2. The van der Waals surface area contributed by atoms with Gasteiger partial charge >= 0.3 is 0 Å². The summed E-state index contributed by atoms with van der Waals surface area (Å²) in [4.78, 5) is 24.7. The van der Waals surface area contributed by atoms with Gasteiger partial charge in [-0.1, -0.05) is 73.0 Å². The topological polar surface area (TPSA) is 35.9 Å². The first kappa shape index (κ1) is 21.9. The minimum Gasteiger partial charge on any atom is -0.337 e. The van der Waals surface area contributed by atoms with Crippen LogP contribution in [-0.4, -0.2) is 35.6 Å². The maximum atomic E-state index is 13.7. The molecule has 2 aliphatic heterocycles. The molecule has 2 fully saturated rings. The molecule has 1 saturated carbocycles. The fraction of sp³-hybridized carbons (Fsp3) is 0.360. The summed E-state index contributed by atoms with van der Waals surface area (Å²) in [7, 11) is 2.01. The molecule has 0 spiro atoms. The Morgan fingerprint density at radius 3 is 2.62 bits per heavy atom. The van der Waals surface area contributed by atoms with E-state index in [9.17, 15) is 4.79 Å². The minimum atomic E-state index is 0.105. The number of hydrogen-bond acceptors (Lipinski definition) is 5. The van der Waals surface area contributed by atoms with Gasteiger partial charge in [-0.2, -0.15) is 0 Å². The quantitative estimate of drug-likeness (QED) is 0.461. The molecule has 7 heteroatoms. The molecule has 166 valence electrons. The zero-order valence-electron chi connectivity index (χ0n) is 18.1. The zero-order chi connectivity index (χ0) is 22.1. The second kappa shape index (κ2) is 9.54. The van der Waals surface area contributed by atoms with Crippen molar-refractivity contribution in [2.75, 3.05) is 18.5 Å². The molecular weight excluding hydrogens is 458 g/mol. The average molecular weight is 484 g/mol. The molecule has 3 aliphatic rings. The standard InChI is InChI=1S/C25H26ClN3OS2/c1-28-20-16-18(26)12-13-21(20)31-24(28)22-23(30)29(19-10-6-3-7-11-19)25(32-22)27-15-14-17-8-4-2-5-9-17/h2,4-5,8-9,12-13,16,19H,3,6-7,10-11,14-15H2,1H3/b24-22-,27-25?. The molecule has 0 bridgehead atoms. The first-order chi connectivity index (χ1) is 15.6. The molecule has 0 atom stereocenters. The number of carbonyl (C=O) groups excluding carboxylic acids is 1. The third kappa shape index (κ3) is 4.33. The molecule has 0 aromatic heterocycles. The van der Waals surface area contributed by atoms with E-state index >= 15 is 0 Å². The highest BCUT2D eigenvalue weighted by Crippen LogP contribution is 2.51. The number of fused-ring (bicyclic) bond motifs is 1. The average Bonchev–Trinajstić information content (AvgIpc) is 3.31. The van der Waals surface area contributed by atoms with Crippen LogP contribution in [0.1, 0.15) is 37.7 Å². The Hall–Kier alpha value is -1.89. The maximum absolute atomic E-state index is 13.7. The SMILES string of the molecule is CN1/C(=C2/SC(=NCCc3ccccc3)N(C3CCCCC3)C2=O)Sc2ccc(Cl)cc21. The summed E-state index contributed by atoms with van der Waals surface area (Å²) in [6.07, 6.45) is 6.62. The van der Waals surface area contributed by atoms with Gasteiger partial charge in [-0.25, -0.2) is 0 Å². The van der Waals surface area contributed by atoms with Crippen molar-refractivity contribution in [1.82, 2.24) is 4.90 Å². The predicted molar refractivity (Wildman–Crippen MR) is 136 cm³/mol. The summed E-state index contributed by atoms with van der Waals surface area (Å²) in [5.41, 5.74) is 2.32. The van der Waals surface area contributed by atoms with Gasteiger partial charge in [-0.3, -0.25) is 14.7 Å². The van der Waals surface area contributed by atoms with Gasteiger partial charge < -0.3 is 4.90 Å². The summed E-state index contributed by atoms with van der Waals surface area (Å²) in [5.74, 6) is 0.105. The van der Waals surface area contributed by atoms with Gasteiger partial charge in [0.05, 0.1) is 10.7 Å². The summed E-state index contributed by atoms with van der Waals surface area (Å²) in [5, 5.41) is 2.55. The number of anilines is 1. The molecule has 2 aromatic rings. The van der Waals surface area contributed by atoms with E-state index in [-0.39, 0.29) is 11.9 Å². The van der Waals surface area contributed by atoms with Gasteiger partial charge in [0.2, 0.25) is 0 Å². The van der Waals surface area contributed by atoms with Crippen LogP contribution in [0.3, 0.4) is 0 Å². The molecule has 32 heavy (non-hydrogen) atoms. The molecule has 1 saturated heterocycles. The molecule has 0 N–H and O–H groups in total. The largest absolute Gasteiger partial charge is 0.337 e. The third-order valence-corrected chi connectivity index (χ3v) is 8.91. The molecule has 1 amide bonds. The van der Waals surface area contributed by atoms with Crippen molar-refractivity contribution in [1.29, 1.82) is 0 Å². The van der Waals surface area contributed by atoms with Crippen LogP contribution < -0.4 is 4.90 Å². The Morgan fingerprint density at radius 2 is 1.84 bits per heavy atom. The van der Waals surface area contributed by atoms with Crippen molar-refractivity contribution < 1.29 is 4.79 Å². The Kier molecular flexibility index (Phi) is 6.54. The summed E-state index contributed by atoms with van der Waals surface area (Å²) < 4.78 is 0. The zero-order valence-corrected chi connectivity index (χ0v) is 20.5. The van der Waals surface area contributed by atoms with E-state index in [2.05, 4.69) is 29.2 Å². The summed E-state index contributed by atoms with van der Waals surface area (Å²) in [6, 6.07) is 16.6. The molecular formula is C25H26ClN3OS2. The van der Waals surface area contributed by atoms with Crippen molar-refractivity contribution in [3.63, 3.8) is 0 Å². The number of hydrogen-bond donors (Lipinski definition) is 0. The van der Waals surface area contributed by atoms with Gasteiger partial charge in [-0.05, 0) is 54.8 Å². The van der Waals surface area contributed by atoms with Crippen molar-refractivity contribution in [2.24, 2.45) is 4.99 Å². The van der Waals surface area contributed by atoms with E-state index in [0.717, 1.165) is 44.9 Å². The van der Waals surface area contributed by atoms with Crippen LogP contribution in [0.4, 0.5) is 5.69 Å². The summed E-state index contributed by atoms with van der Waals surface area (Å²) >= 11 is 9.42. The first-order valence-corrected chi connectivity index (χ1v) is 13.2. The van der Waals surface area contributed by atoms with Gasteiger partial charge in [-0.15, -0.1) is 0 Å². The van der Waals surface area contributed by atoms with Crippen molar-refractivity contribution in [2.45, 2.75) is 49.5 Å². The molecule has 5 rings (SSSR count). The normalized spacial score (nSPS) is 22.8. The lowest BCUT2D eigenvalue weighted by Crippen LogP contribution is -2.40. The van der Waals surface area contributed by atoms with Crippen molar-refractivity contribution in [3.05, 3.63) is 69.1 Å². The molecule has 2 heterocycles. The molecule has 2 aromatic carbocycles. The highest BCUT2D eigenvalue weighted by Gasteiger charge is 2.42. The second-order valence-corrected chi connectivity index (χ2v) is 10.8. The van der Waals surface area contributed by atoms with Crippen LogP contribution in [0.2, 0.25) is 5.02 Å². The fourth-order valence-corrected chi connectivity index (χ4v) is 7.09. The summed E-state index contributed by atoms with van der Waals surface area (Å²) in [6.45, 7) is 0.685. The number of halogens is 1. The Labute approximate surface area is 203 Å². The lowest BCUT2D eigenvalue weighted by molar-refractivity contribution is -0.124. The van der Waals surface area contributed by atoms with Gasteiger partial charge in [0, 0.05) is 29.6 Å². The Bertz CT molecular complexity index is 1080. The molecule has 0 radical (unpaired) electrons. The Morgan fingerprint density at radius 1 is 1.06 bits per heavy atom. The highest BCUT2D eigenvalue weighted by atomic mass is 35.5. The molecule has 0 unspecified atom stereocenters. The predicted octanol–water partition coefficient (Wildman–Crippen LogP) is 6.56. The monoisotopic (exact) mass is 483 g/mol. The lowest BCUT2D eigenvalue weighted by atomic mass is 9.94. The number of thioether (sulfide) groups is 2. The van der Waals surface area contributed by atoms with Gasteiger partial charge in [0.15, 0.2) is 5.17 Å². The van der Waals surface area contributed by atoms with E-state index < -0.39 is 0 Å². The smallest absolute Gasteiger partial charge is 0.269 e. The highest BCUT2D eigenvalue weighted by molar-refractivity contribution is 8.19. The Balaban J connectivity index is 1.44. The number of aliphatic imine (C=N–C) groups is 1. The van der Waals surface area contributed by atoms with Crippen molar-refractivity contribution >= 4 is 51.9 Å². The van der Waals surface area contributed by atoms with E-state index in [1.807, 2.05) is 36.2 Å². The van der Waals surface area contributed by atoms with E-state index in [1.165, 1.54) is 24.8 Å². The van der Waals surface area contributed by atoms with Gasteiger partial charge in [0.1, 0.15) is 4.91 Å². The molecule has 1 aliphatic carbocycles. The minimum absolute atomic E-state index is 0.105. The number of rotatable bonds is 4. The number of nitrogens with zero attached hydrogens (tertiary/aromatic N) is 3. The second-order valence-electron chi connectivity index (χ2n) is 8.38. The third-order valence-electron chi connectivity index (χ3n) is 6.23. The van der Waals surface area contributed by atoms with Crippen LogP contribution in [0.5, 0.6) is 0 Å². The molecule has 4 nitrogen and oxygen atoms in total. The lowest BCUT2D eigenvalue weighted by Gasteiger charge is -2.30. The van der Waals surface area contributed by atoms with E-state index in [4.69, 9.17) is 16.6 Å². The number of amides is 1. The van der Waals surface area contributed by atoms with Crippen molar-refractivity contribution in [3.8, 4) is 0 Å². The van der Waals surface area contributed by atoms with Crippen LogP contribution >= 0.6 is 35.1 Å². The van der Waals surface area contributed by atoms with E-state index in [0.29, 0.717) is 11.6 Å². The number of amidine groups is 1. The number of benzene rings is 2. The maximum Gasteiger partial charge on any atom is 0.269 e. The van der Waals surface area contributed by atoms with Gasteiger partial charge in [0.25, 0.3) is 5.91 Å². The van der Waals surface area contributed by atoms with Crippen LogP contribution in [0, 0.1) is 0 Å². The van der Waals surface area contributed by atoms with Crippen LogP contribution in [0.15, 0.2) is 68.4 Å².